The van der Waals surface area contributed by atoms with Crippen molar-refractivity contribution in [3.63, 3.8) is 0 Å². The summed E-state index contributed by atoms with van der Waals surface area (Å²) in [4.78, 5) is 22.0. The molecule has 7 nitrogen and oxygen atoms in total. The zero-order valence-corrected chi connectivity index (χ0v) is 40.4. The molecule has 0 fully saturated rings. The number of rotatable bonds is 3. The first-order chi connectivity index (χ1) is 8.29. The number of carbonyl (C=O) groups excluding carboxylic acids is 2. The van der Waals surface area contributed by atoms with Crippen LogP contribution in [0.25, 0.3) is 0 Å². The topological polar surface area (TPSA) is 107 Å². The smallest absolute Gasteiger partial charge is 1.00 e. The molecule has 0 bridgehead atoms. The Kier molecular flexibility index (Phi) is 81.8. The quantitative estimate of drug-likeness (QED) is 0.243. The van der Waals surface area contributed by atoms with Gasteiger partial charge in [0.25, 0.3) is 10.1 Å². The van der Waals surface area contributed by atoms with Crippen LogP contribution in [0.15, 0.2) is 23.1 Å². The van der Waals surface area contributed by atoms with E-state index in [0.29, 0.717) is 0 Å². The molecule has 1 rings (SSSR count). The van der Waals surface area contributed by atoms with E-state index in [0.717, 1.165) is 32.4 Å². The standard InChI is InChI=1S/C10H10O7S.10Na.10H/c1-16-9(11)6-3-7(10(12)17-2)5-8(4-6)18(13,14)15;;;;;;;;;;;;;;;;;;;;/h3-5H,1-2H3,(H,13,14,15);;;;;;;;;;;;;;;;;;;;/q;10*+1;10*-1. The molecule has 28 heavy (non-hydrogen) atoms. The van der Waals surface area contributed by atoms with Crippen molar-refractivity contribution in [3.8, 4) is 0 Å². The normalized spacial score (nSPS) is 6.96. The van der Waals surface area contributed by atoms with Crippen LogP contribution in [0.2, 0.25) is 0 Å². The van der Waals surface area contributed by atoms with Crippen LogP contribution in [0.5, 0.6) is 0 Å². The summed E-state index contributed by atoms with van der Waals surface area (Å²) < 4.78 is 39.7. The van der Waals surface area contributed by atoms with Gasteiger partial charge >= 0.3 is 308 Å². The van der Waals surface area contributed by atoms with Gasteiger partial charge in [-0.05, 0) is 18.2 Å². The summed E-state index contributed by atoms with van der Waals surface area (Å²) in [6.07, 6.45) is 0. The van der Waals surface area contributed by atoms with E-state index in [1.165, 1.54) is 0 Å². The Morgan fingerprint density at radius 3 is 1.14 bits per heavy atom. The number of esters is 2. The van der Waals surface area contributed by atoms with Gasteiger partial charge in [-0.2, -0.15) is 8.42 Å². The van der Waals surface area contributed by atoms with Crippen molar-refractivity contribution in [1.82, 2.24) is 0 Å². The largest absolute Gasteiger partial charge is 1.00 e. The van der Waals surface area contributed by atoms with E-state index < -0.39 is 27.0 Å². The van der Waals surface area contributed by atoms with Gasteiger partial charge in [0.05, 0.1) is 30.2 Å². The molecule has 0 atom stereocenters. The van der Waals surface area contributed by atoms with Crippen molar-refractivity contribution in [2.24, 2.45) is 0 Å². The van der Waals surface area contributed by atoms with Crippen LogP contribution in [0, 0.1) is 0 Å². The molecule has 1 N–H and O–H groups in total. The maximum Gasteiger partial charge on any atom is 1.00 e. The molecule has 0 saturated carbocycles. The fourth-order valence-electron chi connectivity index (χ4n) is 1.22. The number of benzene rings is 1. The van der Waals surface area contributed by atoms with Crippen molar-refractivity contribution < 1.29 is 342 Å². The summed E-state index contributed by atoms with van der Waals surface area (Å²) in [5.41, 5.74) is -0.374. The van der Waals surface area contributed by atoms with Gasteiger partial charge in [-0.3, -0.25) is 4.55 Å². The van der Waals surface area contributed by atoms with Gasteiger partial charge in [-0.15, -0.1) is 0 Å². The van der Waals surface area contributed by atoms with E-state index in [9.17, 15) is 18.0 Å². The van der Waals surface area contributed by atoms with E-state index in [-0.39, 0.29) is 321 Å². The summed E-state index contributed by atoms with van der Waals surface area (Å²) in [5.74, 6) is -1.68. The zero-order chi connectivity index (χ0) is 13.9. The molecule has 0 spiro atoms. The van der Waals surface area contributed by atoms with Crippen molar-refractivity contribution in [2.45, 2.75) is 4.90 Å². The first-order valence-corrected chi connectivity index (χ1v) is 6.03. The molecule has 0 radical (unpaired) electrons. The molecule has 118 valence electrons. The van der Waals surface area contributed by atoms with Crippen molar-refractivity contribution in [1.29, 1.82) is 0 Å². The first kappa shape index (κ1) is 65.3. The van der Waals surface area contributed by atoms with E-state index in [1.54, 1.807) is 0 Å². The molecule has 0 aliphatic heterocycles. The van der Waals surface area contributed by atoms with Crippen molar-refractivity contribution >= 4 is 22.1 Å². The Balaban J connectivity index is -0.00000000900. The van der Waals surface area contributed by atoms with E-state index >= 15 is 0 Å². The predicted molar refractivity (Wildman–Crippen MR) is 70.1 cm³/mol. The molecule has 1 aromatic rings. The summed E-state index contributed by atoms with van der Waals surface area (Å²) in [5, 5.41) is 0. The molecule has 0 unspecified atom stereocenters. The first-order valence-electron chi connectivity index (χ1n) is 4.59. The number of carbonyl (C=O) groups is 2. The van der Waals surface area contributed by atoms with Gasteiger partial charge < -0.3 is 23.7 Å². The minimum absolute atomic E-state index is 0. The minimum Gasteiger partial charge on any atom is -1.00 e. The Labute approximate surface area is 402 Å². The van der Waals surface area contributed by atoms with E-state index in [1.807, 2.05) is 0 Å². The van der Waals surface area contributed by atoms with Gasteiger partial charge in [-0.1, -0.05) is 0 Å². The maximum absolute atomic E-state index is 11.3. The van der Waals surface area contributed by atoms with Crippen molar-refractivity contribution in [3.05, 3.63) is 29.3 Å². The number of ether oxygens (including phenoxy) is 2. The minimum atomic E-state index is -4.55. The molecule has 0 heterocycles. The fourth-order valence-corrected chi connectivity index (χ4v) is 1.77. The van der Waals surface area contributed by atoms with Gasteiger partial charge in [0, 0.05) is 0 Å². The maximum atomic E-state index is 11.3. The van der Waals surface area contributed by atoms with E-state index in [4.69, 9.17) is 4.55 Å². The summed E-state index contributed by atoms with van der Waals surface area (Å²) in [6, 6.07) is 2.90. The third-order valence-electron chi connectivity index (χ3n) is 2.05. The fraction of sp³-hybridized carbons (Fsp3) is 0.200. The van der Waals surface area contributed by atoms with Crippen LogP contribution >= 0.6 is 0 Å². The van der Waals surface area contributed by atoms with Gasteiger partial charge in [0.1, 0.15) is 0 Å². The summed E-state index contributed by atoms with van der Waals surface area (Å²) in [6.45, 7) is 0. The molecular formula is C10H20Na10O7S. The second-order valence-electron chi connectivity index (χ2n) is 3.20. The van der Waals surface area contributed by atoms with Crippen LogP contribution in [0.4, 0.5) is 0 Å². The third-order valence-corrected chi connectivity index (χ3v) is 2.88. The van der Waals surface area contributed by atoms with E-state index in [2.05, 4.69) is 9.47 Å². The Hall–Kier alpha value is 8.07. The second-order valence-corrected chi connectivity index (χ2v) is 4.63. The molecule has 0 aromatic heterocycles. The second kappa shape index (κ2) is 35.1. The van der Waals surface area contributed by atoms with Crippen molar-refractivity contribution in [2.75, 3.05) is 14.2 Å². The third kappa shape index (κ3) is 25.7. The van der Waals surface area contributed by atoms with Crippen LogP contribution in [-0.4, -0.2) is 39.1 Å². The number of methoxy groups -OCH3 is 2. The molecule has 1 aromatic carbocycles. The molecule has 0 amide bonds. The number of hydrogen-bond donors (Lipinski definition) is 1. The van der Waals surface area contributed by atoms with Crippen LogP contribution in [0.3, 0.4) is 0 Å². The summed E-state index contributed by atoms with van der Waals surface area (Å²) in [7, 11) is -2.35. The summed E-state index contributed by atoms with van der Waals surface area (Å²) >= 11 is 0. The number of hydrogen-bond acceptors (Lipinski definition) is 6. The molecule has 18 heteroatoms. The Morgan fingerprint density at radius 1 is 0.714 bits per heavy atom. The van der Waals surface area contributed by atoms with Crippen LogP contribution < -0.4 is 296 Å². The predicted octanol–water partition coefficient (Wildman–Crippen LogP) is -28.3. The van der Waals surface area contributed by atoms with Crippen LogP contribution in [0.1, 0.15) is 35.0 Å². The molecule has 0 saturated heterocycles. The monoisotopic (exact) mass is 514 g/mol. The molecule has 0 aliphatic carbocycles. The van der Waals surface area contributed by atoms with Gasteiger partial charge in [0.2, 0.25) is 0 Å². The SMILES string of the molecule is COC(=O)c1cc(C(=O)OC)cc(S(=O)(=O)O)c1.[H-].[H-].[H-].[H-].[H-].[H-].[H-].[H-].[H-].[H-].[Na+].[Na+].[Na+].[Na+].[Na+].[Na+].[Na+].[Na+].[Na+].[Na+]. The average Bonchev–Trinajstić information content (AvgIpc) is 2.35. The Morgan fingerprint density at radius 2 is 0.964 bits per heavy atom. The average molecular weight is 514 g/mol. The molecular weight excluding hydrogens is 494 g/mol. The van der Waals surface area contributed by atoms with Crippen LogP contribution in [-0.2, 0) is 19.6 Å². The zero-order valence-electron chi connectivity index (χ0n) is 29.5. The Bertz CT molecular complexity index is 612. The molecule has 0 aliphatic rings. The van der Waals surface area contributed by atoms with Gasteiger partial charge in [0.15, 0.2) is 0 Å². The van der Waals surface area contributed by atoms with Gasteiger partial charge in [-0.25, -0.2) is 9.59 Å².